The molecule has 132 valence electrons. The number of nitrogens with one attached hydrogen (secondary N) is 1. The molecule has 1 aromatic rings. The minimum Gasteiger partial charge on any atom is -0.486 e. The molecule has 0 spiro atoms. The quantitative estimate of drug-likeness (QED) is 0.833. The molecule has 24 heavy (non-hydrogen) atoms. The first kappa shape index (κ1) is 17.1. The van der Waals surface area contributed by atoms with Crippen LogP contribution in [0, 0.1) is 0 Å². The van der Waals surface area contributed by atoms with Crippen LogP contribution in [-0.2, 0) is 11.2 Å². The molecule has 2 aliphatic heterocycles. The lowest BCUT2D eigenvalue weighted by Crippen LogP contribution is -2.44. The molecule has 0 radical (unpaired) electrons. The van der Waals surface area contributed by atoms with E-state index in [2.05, 4.69) is 22.3 Å². The summed E-state index contributed by atoms with van der Waals surface area (Å²) < 4.78 is 11.3. The summed E-state index contributed by atoms with van der Waals surface area (Å²) >= 11 is 0. The molecule has 0 unspecified atom stereocenters. The van der Waals surface area contributed by atoms with Gasteiger partial charge in [-0.05, 0) is 56.5 Å². The van der Waals surface area contributed by atoms with Gasteiger partial charge in [0, 0.05) is 19.0 Å². The summed E-state index contributed by atoms with van der Waals surface area (Å²) in [6.07, 6.45) is 4.83. The van der Waals surface area contributed by atoms with Crippen molar-refractivity contribution in [1.82, 2.24) is 10.2 Å². The molecule has 5 heteroatoms. The largest absolute Gasteiger partial charge is 0.486 e. The fourth-order valence-electron chi connectivity index (χ4n) is 3.46. The molecule has 1 atom stereocenters. The van der Waals surface area contributed by atoms with E-state index in [1.54, 1.807) is 0 Å². The van der Waals surface area contributed by atoms with Gasteiger partial charge in [-0.1, -0.05) is 13.0 Å². The van der Waals surface area contributed by atoms with Crippen LogP contribution in [-0.4, -0.2) is 49.7 Å². The van der Waals surface area contributed by atoms with Gasteiger partial charge in [-0.25, -0.2) is 0 Å². The number of nitrogens with zero attached hydrogens (tertiary/aromatic N) is 1. The number of rotatable bonds is 7. The van der Waals surface area contributed by atoms with Gasteiger partial charge in [0.25, 0.3) is 0 Å². The first-order valence-corrected chi connectivity index (χ1v) is 9.15. The lowest BCUT2D eigenvalue weighted by molar-refractivity contribution is -0.121. The van der Waals surface area contributed by atoms with Crippen molar-refractivity contribution in [1.29, 1.82) is 0 Å². The molecule has 1 N–H and O–H groups in total. The second-order valence-corrected chi connectivity index (χ2v) is 6.70. The Morgan fingerprint density at radius 2 is 1.96 bits per heavy atom. The number of likely N-dealkylation sites (tertiary alicyclic amines) is 1. The zero-order valence-corrected chi connectivity index (χ0v) is 14.6. The summed E-state index contributed by atoms with van der Waals surface area (Å²) in [7, 11) is 0. The van der Waals surface area contributed by atoms with Crippen molar-refractivity contribution in [3.05, 3.63) is 23.8 Å². The second-order valence-electron chi connectivity index (χ2n) is 6.70. The highest BCUT2D eigenvalue weighted by molar-refractivity contribution is 5.76. The van der Waals surface area contributed by atoms with E-state index in [1.807, 2.05) is 13.0 Å². The summed E-state index contributed by atoms with van der Waals surface area (Å²) in [6.45, 7) is 6.44. The highest BCUT2D eigenvalue weighted by Crippen LogP contribution is 2.31. The third-order valence-electron chi connectivity index (χ3n) is 4.61. The third-order valence-corrected chi connectivity index (χ3v) is 4.61. The maximum Gasteiger partial charge on any atom is 0.220 e. The van der Waals surface area contributed by atoms with E-state index < -0.39 is 0 Å². The monoisotopic (exact) mass is 332 g/mol. The summed E-state index contributed by atoms with van der Waals surface area (Å²) in [4.78, 5) is 14.5. The maximum atomic E-state index is 12.1. The molecular weight excluding hydrogens is 304 g/mol. The number of hydrogen-bond acceptors (Lipinski definition) is 4. The molecule has 1 fully saturated rings. The highest BCUT2D eigenvalue weighted by atomic mass is 16.6. The zero-order chi connectivity index (χ0) is 16.8. The Balaban J connectivity index is 1.66. The van der Waals surface area contributed by atoms with Crippen LogP contribution >= 0.6 is 0 Å². The Morgan fingerprint density at radius 3 is 2.71 bits per heavy atom. The van der Waals surface area contributed by atoms with Crippen LogP contribution in [0.4, 0.5) is 0 Å². The summed E-state index contributed by atoms with van der Waals surface area (Å²) in [5.41, 5.74) is 1.18. The van der Waals surface area contributed by atoms with Crippen LogP contribution < -0.4 is 14.8 Å². The van der Waals surface area contributed by atoms with Crippen molar-refractivity contribution in [2.24, 2.45) is 0 Å². The Labute approximate surface area is 144 Å². The average Bonchev–Trinajstić information content (AvgIpc) is 3.08. The molecule has 2 heterocycles. The van der Waals surface area contributed by atoms with Crippen molar-refractivity contribution in [2.45, 2.75) is 45.1 Å². The van der Waals surface area contributed by atoms with Crippen LogP contribution in [0.1, 0.15) is 38.2 Å². The Morgan fingerprint density at radius 1 is 1.21 bits per heavy atom. The van der Waals surface area contributed by atoms with Gasteiger partial charge in [-0.3, -0.25) is 4.79 Å². The number of carbonyl (C=O) groups excluding carboxylic acids is 1. The van der Waals surface area contributed by atoms with Gasteiger partial charge in [0.15, 0.2) is 11.5 Å². The summed E-state index contributed by atoms with van der Waals surface area (Å²) in [5, 5.41) is 3.22. The van der Waals surface area contributed by atoms with E-state index in [0.29, 0.717) is 19.6 Å². The molecule has 1 saturated heterocycles. The van der Waals surface area contributed by atoms with E-state index in [9.17, 15) is 4.79 Å². The van der Waals surface area contributed by atoms with Crippen LogP contribution in [0.3, 0.4) is 0 Å². The van der Waals surface area contributed by atoms with Crippen LogP contribution in [0.15, 0.2) is 18.2 Å². The minimum atomic E-state index is 0.143. The third kappa shape index (κ3) is 4.63. The standard InChI is InChI=1S/C19H28N2O3/c1-2-5-19(22)20-16(14-21-8-3-4-9-21)12-15-6-7-17-18(13-15)24-11-10-23-17/h6-7,13,16H,2-5,8-12,14H2,1H3,(H,20,22)/t16-/m0/s1. The molecule has 2 aliphatic rings. The van der Waals surface area contributed by atoms with Gasteiger partial charge in [0.2, 0.25) is 5.91 Å². The number of amides is 1. The van der Waals surface area contributed by atoms with Gasteiger partial charge >= 0.3 is 0 Å². The molecule has 0 bridgehead atoms. The predicted octanol–water partition coefficient (Wildman–Crippen LogP) is 2.38. The SMILES string of the molecule is CCCC(=O)N[C@@H](Cc1ccc2c(c1)OCCO2)CN1CCCC1. The fourth-order valence-corrected chi connectivity index (χ4v) is 3.46. The first-order valence-electron chi connectivity index (χ1n) is 9.15. The van der Waals surface area contributed by atoms with E-state index >= 15 is 0 Å². The molecule has 1 aromatic carbocycles. The molecule has 0 aliphatic carbocycles. The highest BCUT2D eigenvalue weighted by Gasteiger charge is 2.20. The minimum absolute atomic E-state index is 0.143. The van der Waals surface area contributed by atoms with Crippen molar-refractivity contribution in [3.63, 3.8) is 0 Å². The summed E-state index contributed by atoms with van der Waals surface area (Å²) in [6, 6.07) is 6.25. The molecular formula is C19H28N2O3. The molecule has 0 saturated carbocycles. The van der Waals surface area contributed by atoms with E-state index in [1.165, 1.54) is 18.4 Å². The normalized spacial score (nSPS) is 18.4. The summed E-state index contributed by atoms with van der Waals surface area (Å²) in [5.74, 6) is 1.79. The Hall–Kier alpha value is -1.75. The fraction of sp³-hybridized carbons (Fsp3) is 0.632. The lowest BCUT2D eigenvalue weighted by atomic mass is 10.0. The lowest BCUT2D eigenvalue weighted by Gasteiger charge is -2.25. The van der Waals surface area contributed by atoms with Gasteiger partial charge in [0.05, 0.1) is 0 Å². The second kappa shape index (κ2) is 8.38. The van der Waals surface area contributed by atoms with E-state index in [0.717, 1.165) is 44.0 Å². The number of benzene rings is 1. The molecule has 0 aromatic heterocycles. The van der Waals surface area contributed by atoms with Gasteiger partial charge in [-0.2, -0.15) is 0 Å². The molecule has 5 nitrogen and oxygen atoms in total. The van der Waals surface area contributed by atoms with Gasteiger partial charge in [0.1, 0.15) is 13.2 Å². The van der Waals surface area contributed by atoms with Crippen LogP contribution in [0.2, 0.25) is 0 Å². The van der Waals surface area contributed by atoms with Crippen LogP contribution in [0.5, 0.6) is 11.5 Å². The van der Waals surface area contributed by atoms with E-state index in [-0.39, 0.29) is 11.9 Å². The number of hydrogen-bond donors (Lipinski definition) is 1. The zero-order valence-electron chi connectivity index (χ0n) is 14.6. The smallest absolute Gasteiger partial charge is 0.220 e. The topological polar surface area (TPSA) is 50.8 Å². The van der Waals surface area contributed by atoms with Crippen molar-refractivity contribution in [2.75, 3.05) is 32.8 Å². The number of carbonyl (C=O) groups is 1. The first-order chi connectivity index (χ1) is 11.7. The van der Waals surface area contributed by atoms with Crippen molar-refractivity contribution in [3.8, 4) is 11.5 Å². The van der Waals surface area contributed by atoms with Crippen LogP contribution in [0.25, 0.3) is 0 Å². The van der Waals surface area contributed by atoms with E-state index in [4.69, 9.17) is 9.47 Å². The van der Waals surface area contributed by atoms with Crippen molar-refractivity contribution >= 4 is 5.91 Å². The Kier molecular flexibility index (Phi) is 5.96. The molecule has 3 rings (SSSR count). The number of ether oxygens (including phenoxy) is 2. The average molecular weight is 332 g/mol. The maximum absolute atomic E-state index is 12.1. The van der Waals surface area contributed by atoms with Crippen molar-refractivity contribution < 1.29 is 14.3 Å². The number of fused-ring (bicyclic) bond motifs is 1. The predicted molar refractivity (Wildman–Crippen MR) is 93.6 cm³/mol. The Bertz CT molecular complexity index is 556. The van der Waals surface area contributed by atoms with Gasteiger partial charge < -0.3 is 19.7 Å². The molecule has 1 amide bonds. The van der Waals surface area contributed by atoms with Gasteiger partial charge in [-0.15, -0.1) is 0 Å².